The maximum absolute atomic E-state index is 13.3. The van der Waals surface area contributed by atoms with Crippen LogP contribution in [-0.4, -0.2) is 36.5 Å². The Bertz CT molecular complexity index is 1300. The highest BCUT2D eigenvalue weighted by Gasteiger charge is 2.44. The summed E-state index contributed by atoms with van der Waals surface area (Å²) in [6.07, 6.45) is -21.7. The summed E-state index contributed by atoms with van der Waals surface area (Å²) in [5.41, 5.74) is -1.16. The lowest BCUT2D eigenvalue weighted by molar-refractivity contribution is -0.253. The Balaban J connectivity index is 1.91. The molecule has 0 unspecified atom stereocenters. The van der Waals surface area contributed by atoms with Crippen molar-refractivity contribution in [1.82, 2.24) is 0 Å². The number of hydrogen-bond donors (Lipinski definition) is 1. The SMILES string of the molecule is O[C@H](CN(Cc1cccc(OC(F)(F)C(F)F)c1)c1cccc(Oc2ccc(Cl)c(C(F)(F)F)c2)c1)C(F)(F)F. The summed E-state index contributed by atoms with van der Waals surface area (Å²) in [5, 5.41) is 9.09. The van der Waals surface area contributed by atoms with Crippen LogP contribution in [0.4, 0.5) is 49.6 Å². The van der Waals surface area contributed by atoms with Crippen LogP contribution in [0.2, 0.25) is 5.02 Å². The van der Waals surface area contributed by atoms with E-state index < -0.39 is 60.4 Å². The van der Waals surface area contributed by atoms with Crippen LogP contribution in [0.25, 0.3) is 0 Å². The molecule has 3 aromatic carbocycles. The molecular formula is C25H18ClF10NO3. The first-order valence-electron chi connectivity index (χ1n) is 11.0. The molecule has 0 saturated heterocycles. The van der Waals surface area contributed by atoms with Crippen LogP contribution in [0.15, 0.2) is 66.7 Å². The molecule has 0 aromatic heterocycles. The van der Waals surface area contributed by atoms with Gasteiger partial charge in [-0.15, -0.1) is 0 Å². The minimum atomic E-state index is -5.05. The fraction of sp³-hybridized carbons (Fsp3) is 0.280. The zero-order valence-corrected chi connectivity index (χ0v) is 20.5. The van der Waals surface area contributed by atoms with E-state index in [-0.39, 0.29) is 22.7 Å². The number of aliphatic hydroxyl groups excluding tert-OH is 1. The van der Waals surface area contributed by atoms with Gasteiger partial charge in [0, 0.05) is 18.3 Å². The van der Waals surface area contributed by atoms with Gasteiger partial charge in [-0.25, -0.2) is 0 Å². The predicted octanol–water partition coefficient (Wildman–Crippen LogP) is 8.32. The van der Waals surface area contributed by atoms with E-state index in [2.05, 4.69) is 4.74 Å². The molecule has 3 rings (SSSR count). The molecule has 1 N–H and O–H groups in total. The second-order valence-electron chi connectivity index (χ2n) is 8.29. The normalized spacial score (nSPS) is 13.3. The molecule has 0 aliphatic heterocycles. The molecule has 0 aliphatic rings. The van der Waals surface area contributed by atoms with Crippen LogP contribution < -0.4 is 14.4 Å². The fourth-order valence-electron chi connectivity index (χ4n) is 3.37. The molecule has 0 radical (unpaired) electrons. The van der Waals surface area contributed by atoms with Crippen molar-refractivity contribution in [2.24, 2.45) is 0 Å². The third kappa shape index (κ3) is 8.31. The number of alkyl halides is 10. The van der Waals surface area contributed by atoms with Crippen molar-refractivity contribution in [3.8, 4) is 17.2 Å². The summed E-state index contributed by atoms with van der Waals surface area (Å²) in [4.78, 5) is 0.971. The van der Waals surface area contributed by atoms with Crippen molar-refractivity contribution in [1.29, 1.82) is 0 Å². The number of aliphatic hydroxyl groups is 1. The summed E-state index contributed by atoms with van der Waals surface area (Å²) in [6, 6.07) is 12.0. The predicted molar refractivity (Wildman–Crippen MR) is 124 cm³/mol. The molecule has 0 amide bonds. The molecule has 15 heteroatoms. The Morgan fingerprint density at radius 2 is 1.43 bits per heavy atom. The molecule has 218 valence electrons. The minimum absolute atomic E-state index is 0.0185. The van der Waals surface area contributed by atoms with Gasteiger partial charge >= 0.3 is 24.9 Å². The number of nitrogens with zero attached hydrogens (tertiary/aromatic N) is 1. The second kappa shape index (κ2) is 12.0. The van der Waals surface area contributed by atoms with Gasteiger partial charge in [0.25, 0.3) is 0 Å². The van der Waals surface area contributed by atoms with Gasteiger partial charge in [0.15, 0.2) is 6.10 Å². The maximum Gasteiger partial charge on any atom is 0.461 e. The molecule has 1 atom stereocenters. The van der Waals surface area contributed by atoms with Gasteiger partial charge < -0.3 is 19.5 Å². The van der Waals surface area contributed by atoms with Crippen LogP contribution in [0.5, 0.6) is 17.2 Å². The van der Waals surface area contributed by atoms with Crippen molar-refractivity contribution in [2.45, 2.75) is 37.5 Å². The molecule has 0 heterocycles. The van der Waals surface area contributed by atoms with Crippen LogP contribution in [-0.2, 0) is 12.7 Å². The van der Waals surface area contributed by atoms with E-state index in [1.807, 2.05) is 0 Å². The third-order valence-electron chi connectivity index (χ3n) is 5.21. The Morgan fingerprint density at radius 1 is 0.800 bits per heavy atom. The van der Waals surface area contributed by atoms with E-state index >= 15 is 0 Å². The van der Waals surface area contributed by atoms with E-state index in [0.29, 0.717) is 6.07 Å². The molecular weight excluding hydrogens is 588 g/mol. The van der Waals surface area contributed by atoms with Gasteiger partial charge in [0.1, 0.15) is 17.2 Å². The highest BCUT2D eigenvalue weighted by atomic mass is 35.5. The lowest BCUT2D eigenvalue weighted by atomic mass is 10.1. The van der Waals surface area contributed by atoms with E-state index in [0.717, 1.165) is 41.3 Å². The van der Waals surface area contributed by atoms with Crippen molar-refractivity contribution in [3.05, 3.63) is 82.9 Å². The van der Waals surface area contributed by atoms with Crippen LogP contribution in [0.1, 0.15) is 11.1 Å². The number of rotatable bonds is 10. The number of hydrogen-bond acceptors (Lipinski definition) is 4. The average Bonchev–Trinajstić information content (AvgIpc) is 2.83. The fourth-order valence-corrected chi connectivity index (χ4v) is 3.59. The molecule has 4 nitrogen and oxygen atoms in total. The van der Waals surface area contributed by atoms with Gasteiger partial charge in [-0.1, -0.05) is 29.8 Å². The van der Waals surface area contributed by atoms with E-state index in [1.54, 1.807) is 0 Å². The number of ether oxygens (including phenoxy) is 2. The third-order valence-corrected chi connectivity index (χ3v) is 5.54. The topological polar surface area (TPSA) is 41.9 Å². The van der Waals surface area contributed by atoms with Crippen molar-refractivity contribution in [3.63, 3.8) is 0 Å². The highest BCUT2D eigenvalue weighted by molar-refractivity contribution is 6.31. The molecule has 3 aromatic rings. The van der Waals surface area contributed by atoms with Crippen molar-refractivity contribution >= 4 is 17.3 Å². The molecule has 0 bridgehead atoms. The molecule has 0 spiro atoms. The van der Waals surface area contributed by atoms with E-state index in [9.17, 15) is 49.0 Å². The number of anilines is 1. The minimum Gasteiger partial charge on any atom is -0.457 e. The van der Waals surface area contributed by atoms with Crippen molar-refractivity contribution in [2.75, 3.05) is 11.4 Å². The Hall–Kier alpha value is -3.39. The van der Waals surface area contributed by atoms with Gasteiger partial charge in [-0.05, 0) is 48.0 Å². The summed E-state index contributed by atoms with van der Waals surface area (Å²) >= 11 is 5.59. The van der Waals surface area contributed by atoms with E-state index in [1.165, 1.54) is 24.3 Å². The van der Waals surface area contributed by atoms with Gasteiger partial charge in [0.2, 0.25) is 0 Å². The molecule has 0 aliphatic carbocycles. The Kier molecular flexibility index (Phi) is 9.35. The van der Waals surface area contributed by atoms with Crippen LogP contribution in [0, 0.1) is 0 Å². The number of benzene rings is 3. The van der Waals surface area contributed by atoms with Crippen LogP contribution in [0.3, 0.4) is 0 Å². The Labute approximate surface area is 225 Å². The summed E-state index contributed by atoms with van der Waals surface area (Å²) in [6.45, 7) is -1.53. The smallest absolute Gasteiger partial charge is 0.457 e. The molecule has 0 saturated carbocycles. The summed E-state index contributed by atoms with van der Waals surface area (Å²) in [5.74, 6) is -1.09. The average molecular weight is 606 g/mol. The van der Waals surface area contributed by atoms with Crippen molar-refractivity contribution < 1.29 is 58.5 Å². The first-order valence-corrected chi connectivity index (χ1v) is 11.4. The lowest BCUT2D eigenvalue weighted by Crippen LogP contribution is -2.40. The monoisotopic (exact) mass is 605 g/mol. The molecule has 40 heavy (non-hydrogen) atoms. The van der Waals surface area contributed by atoms with E-state index in [4.69, 9.17) is 16.3 Å². The van der Waals surface area contributed by atoms with Gasteiger partial charge in [-0.3, -0.25) is 0 Å². The maximum atomic E-state index is 13.3. The zero-order chi connectivity index (χ0) is 29.9. The van der Waals surface area contributed by atoms with Gasteiger partial charge in [-0.2, -0.15) is 43.9 Å². The summed E-state index contributed by atoms with van der Waals surface area (Å²) < 4.78 is 140. The largest absolute Gasteiger partial charge is 0.461 e. The van der Waals surface area contributed by atoms with Crippen LogP contribution >= 0.6 is 11.6 Å². The standard InChI is InChI=1S/C25H18ClF10NO3/c26-20-8-7-17(11-19(20)23(29,30)31)39-16-5-2-4-15(10-16)37(13-21(38)24(32,33)34)12-14-3-1-6-18(9-14)40-25(35,36)22(27)28/h1-11,21-22,38H,12-13H2/t21-/m1/s1. The lowest BCUT2D eigenvalue weighted by Gasteiger charge is -2.29. The van der Waals surface area contributed by atoms with Gasteiger partial charge in [0.05, 0.1) is 17.1 Å². The first-order chi connectivity index (χ1) is 18.5. The second-order valence-corrected chi connectivity index (χ2v) is 8.70. The summed E-state index contributed by atoms with van der Waals surface area (Å²) in [7, 11) is 0. The Morgan fingerprint density at radius 3 is 2.05 bits per heavy atom. The molecule has 0 fully saturated rings. The quantitative estimate of drug-likeness (QED) is 0.236. The zero-order valence-electron chi connectivity index (χ0n) is 19.8. The highest BCUT2D eigenvalue weighted by Crippen LogP contribution is 2.38. The first kappa shape index (κ1) is 31.1. The number of halogens is 11.